The molecule has 0 unspecified atom stereocenters. The molecule has 1 amide bonds. The molecule has 0 fully saturated rings. The lowest BCUT2D eigenvalue weighted by Crippen LogP contribution is -2.86. The Morgan fingerprint density at radius 3 is 2.04 bits per heavy atom. The maximum absolute atomic E-state index is 12.3. The topological polar surface area (TPSA) is 45.7 Å². The van der Waals surface area contributed by atoms with Gasteiger partial charge in [-0.15, -0.1) is 0 Å². The Labute approximate surface area is 145 Å². The highest BCUT2D eigenvalue weighted by Gasteiger charge is 2.13. The van der Waals surface area contributed by atoms with Gasteiger partial charge in [0.1, 0.15) is 6.04 Å². The smallest absolute Gasteiger partial charge is 0.279 e. The first-order valence-electron chi connectivity index (χ1n) is 8.67. The number of hydrogen-bond donors (Lipinski definition) is 2. The average Bonchev–Trinajstić information content (AvgIpc) is 2.56. The molecule has 0 bridgehead atoms. The van der Waals surface area contributed by atoms with Crippen LogP contribution in [-0.2, 0) is 4.79 Å². The van der Waals surface area contributed by atoms with E-state index < -0.39 is 0 Å². The Balaban J connectivity index is 1.91. The molecule has 0 aliphatic carbocycles. The van der Waals surface area contributed by atoms with Crippen molar-refractivity contribution in [3.05, 3.63) is 64.7 Å². The highest BCUT2D eigenvalue weighted by atomic mass is 16.1. The predicted molar refractivity (Wildman–Crippen MR) is 100 cm³/mol. The monoisotopic (exact) mass is 325 g/mol. The van der Waals surface area contributed by atoms with Gasteiger partial charge in [0, 0.05) is 11.3 Å². The Morgan fingerprint density at radius 2 is 1.50 bits per heavy atom. The molecule has 2 aromatic rings. The Hall–Kier alpha value is -2.13. The number of quaternary nitrogens is 1. The lowest BCUT2D eigenvalue weighted by Gasteiger charge is -2.14. The fraction of sp³-hybridized carbons (Fsp3) is 0.381. The summed E-state index contributed by atoms with van der Waals surface area (Å²) in [5.41, 5.74) is 5.73. The number of amides is 1. The number of nitrogens with one attached hydrogen (secondary N) is 1. The summed E-state index contributed by atoms with van der Waals surface area (Å²) in [6.45, 7) is 11.0. The second-order valence-corrected chi connectivity index (χ2v) is 6.86. The van der Waals surface area contributed by atoms with Crippen LogP contribution in [0.3, 0.4) is 0 Å². The Morgan fingerprint density at radius 1 is 0.958 bits per heavy atom. The number of para-hydroxylation sites is 1. The van der Waals surface area contributed by atoms with Crippen LogP contribution in [0.4, 0.5) is 5.69 Å². The van der Waals surface area contributed by atoms with Gasteiger partial charge < -0.3 is 10.6 Å². The van der Waals surface area contributed by atoms with Crippen LogP contribution in [0.1, 0.15) is 55.0 Å². The van der Waals surface area contributed by atoms with Gasteiger partial charge in [-0.1, -0.05) is 56.3 Å². The number of carbonyl (C=O) groups is 1. The van der Waals surface area contributed by atoms with E-state index in [1.54, 1.807) is 0 Å². The van der Waals surface area contributed by atoms with Crippen molar-refractivity contribution < 1.29 is 10.1 Å². The molecule has 0 heterocycles. The van der Waals surface area contributed by atoms with Crippen molar-refractivity contribution >= 4 is 11.6 Å². The second-order valence-electron chi connectivity index (χ2n) is 6.86. The van der Waals surface area contributed by atoms with E-state index in [1.165, 1.54) is 11.1 Å². The maximum Gasteiger partial charge on any atom is 0.279 e. The van der Waals surface area contributed by atoms with E-state index in [9.17, 15) is 4.79 Å². The van der Waals surface area contributed by atoms with Gasteiger partial charge >= 0.3 is 0 Å². The first-order valence-corrected chi connectivity index (χ1v) is 8.67. The molecule has 3 nitrogen and oxygen atoms in total. The van der Waals surface area contributed by atoms with E-state index in [0.717, 1.165) is 16.8 Å². The molecule has 0 aliphatic rings. The molecule has 2 rings (SSSR count). The van der Waals surface area contributed by atoms with Crippen LogP contribution in [0.5, 0.6) is 0 Å². The number of hydrogen-bond acceptors (Lipinski definition) is 1. The molecular formula is C21H29N2O+. The minimum Gasteiger partial charge on any atom is -0.333 e. The summed E-state index contributed by atoms with van der Waals surface area (Å²) in [6, 6.07) is 15.0. The summed E-state index contributed by atoms with van der Waals surface area (Å²) in [5.74, 6) is 0.583. The van der Waals surface area contributed by atoms with Crippen LogP contribution in [0, 0.1) is 13.8 Å². The van der Waals surface area contributed by atoms with Crippen molar-refractivity contribution in [1.29, 1.82) is 0 Å². The highest BCUT2D eigenvalue weighted by molar-refractivity contribution is 5.92. The fourth-order valence-corrected chi connectivity index (χ4v) is 2.81. The molecule has 0 spiro atoms. The third-order valence-electron chi connectivity index (χ3n) is 4.53. The number of aryl methyl sites for hydroxylation is 2. The van der Waals surface area contributed by atoms with Crippen molar-refractivity contribution in [1.82, 2.24) is 0 Å². The van der Waals surface area contributed by atoms with Gasteiger partial charge in [0.25, 0.3) is 5.91 Å². The van der Waals surface area contributed by atoms with Crippen LogP contribution >= 0.6 is 0 Å². The zero-order chi connectivity index (χ0) is 17.7. The summed E-state index contributed by atoms with van der Waals surface area (Å²) in [4.78, 5) is 12.3. The molecule has 0 aliphatic heterocycles. The number of anilines is 1. The zero-order valence-electron chi connectivity index (χ0n) is 15.4. The summed E-state index contributed by atoms with van der Waals surface area (Å²) < 4.78 is 0. The van der Waals surface area contributed by atoms with Gasteiger partial charge in [0.05, 0.1) is 0 Å². The highest BCUT2D eigenvalue weighted by Crippen LogP contribution is 2.19. The van der Waals surface area contributed by atoms with E-state index in [-0.39, 0.29) is 11.9 Å². The summed E-state index contributed by atoms with van der Waals surface area (Å²) in [5, 5.41) is 5.12. The predicted octanol–water partition coefficient (Wildman–Crippen LogP) is 3.69. The second kappa shape index (κ2) is 8.11. The zero-order valence-corrected chi connectivity index (χ0v) is 15.4. The van der Waals surface area contributed by atoms with E-state index in [4.69, 9.17) is 0 Å². The Kier molecular flexibility index (Phi) is 6.16. The van der Waals surface area contributed by atoms with Gasteiger partial charge in [0.15, 0.2) is 6.54 Å². The van der Waals surface area contributed by atoms with E-state index in [0.29, 0.717) is 12.5 Å². The number of carbonyl (C=O) groups excluding carboxylic acids is 1. The van der Waals surface area contributed by atoms with Crippen molar-refractivity contribution in [2.24, 2.45) is 0 Å². The molecule has 0 aromatic heterocycles. The summed E-state index contributed by atoms with van der Waals surface area (Å²) in [7, 11) is 0. The normalized spacial score (nSPS) is 12.2. The molecule has 128 valence electrons. The van der Waals surface area contributed by atoms with Crippen LogP contribution in [0.25, 0.3) is 0 Å². The third kappa shape index (κ3) is 4.68. The molecule has 3 N–H and O–H groups in total. The minimum atomic E-state index is 0.0399. The quantitative estimate of drug-likeness (QED) is 0.836. The van der Waals surface area contributed by atoms with Crippen molar-refractivity contribution in [3.63, 3.8) is 0 Å². The van der Waals surface area contributed by atoms with Crippen LogP contribution in [0.15, 0.2) is 42.5 Å². The van der Waals surface area contributed by atoms with Crippen molar-refractivity contribution in [2.45, 2.75) is 46.6 Å². The first-order chi connectivity index (χ1) is 11.4. The molecule has 2 aromatic carbocycles. The molecule has 0 saturated carbocycles. The van der Waals surface area contributed by atoms with Crippen LogP contribution in [0.2, 0.25) is 0 Å². The Bertz CT molecular complexity index is 669. The van der Waals surface area contributed by atoms with E-state index in [2.05, 4.69) is 55.7 Å². The van der Waals surface area contributed by atoms with Gasteiger partial charge in [-0.3, -0.25) is 4.79 Å². The first kappa shape index (κ1) is 18.2. The minimum absolute atomic E-state index is 0.0399. The van der Waals surface area contributed by atoms with Gasteiger partial charge in [-0.2, -0.15) is 0 Å². The maximum atomic E-state index is 12.3. The molecule has 3 heteroatoms. The standard InChI is InChI=1S/C21H28N2O/c1-14(2)18-9-11-19(12-10-18)17(5)22-13-20(24)23-21-15(3)7-6-8-16(21)4/h6-12,14,17,22H,13H2,1-5H3,(H,23,24)/p+1/t17-/m0/s1. The van der Waals surface area contributed by atoms with Crippen LogP contribution in [-0.4, -0.2) is 12.5 Å². The number of rotatable bonds is 6. The molecule has 0 radical (unpaired) electrons. The summed E-state index contributed by atoms with van der Waals surface area (Å²) in [6.07, 6.45) is 0. The molecule has 0 saturated heterocycles. The fourth-order valence-electron chi connectivity index (χ4n) is 2.81. The molecule has 24 heavy (non-hydrogen) atoms. The molecule has 1 atom stereocenters. The van der Waals surface area contributed by atoms with Gasteiger partial charge in [-0.05, 0) is 43.4 Å². The lowest BCUT2D eigenvalue weighted by atomic mass is 9.99. The third-order valence-corrected chi connectivity index (χ3v) is 4.53. The van der Waals surface area contributed by atoms with Gasteiger partial charge in [-0.25, -0.2) is 0 Å². The average molecular weight is 325 g/mol. The van der Waals surface area contributed by atoms with E-state index in [1.807, 2.05) is 32.0 Å². The molecular weight excluding hydrogens is 296 g/mol. The van der Waals surface area contributed by atoms with Crippen molar-refractivity contribution in [3.8, 4) is 0 Å². The number of nitrogens with two attached hydrogens (primary N) is 1. The SMILES string of the molecule is Cc1cccc(C)c1NC(=O)C[NH2+][C@@H](C)c1ccc(C(C)C)cc1. The largest absolute Gasteiger partial charge is 0.333 e. The van der Waals surface area contributed by atoms with Crippen LogP contribution < -0.4 is 10.6 Å². The lowest BCUT2D eigenvalue weighted by molar-refractivity contribution is -0.682. The summed E-state index contributed by atoms with van der Waals surface area (Å²) >= 11 is 0. The number of benzene rings is 2. The van der Waals surface area contributed by atoms with Gasteiger partial charge in [0.2, 0.25) is 0 Å². The van der Waals surface area contributed by atoms with E-state index >= 15 is 0 Å². The van der Waals surface area contributed by atoms with Crippen molar-refractivity contribution in [2.75, 3.05) is 11.9 Å².